The summed E-state index contributed by atoms with van der Waals surface area (Å²) in [6.07, 6.45) is 2.98. The minimum absolute atomic E-state index is 0.0910. The Balaban J connectivity index is 1.55. The maximum Gasteiger partial charge on any atom is 0.227 e. The molecular formula is C26H29FN4O2. The molecule has 1 aliphatic heterocycles. The number of carbonyl (C=O) groups is 1. The van der Waals surface area contributed by atoms with Gasteiger partial charge in [0.15, 0.2) is 0 Å². The molecule has 172 valence electrons. The largest absolute Gasteiger partial charge is 0.496 e. The van der Waals surface area contributed by atoms with Gasteiger partial charge in [-0.15, -0.1) is 0 Å². The van der Waals surface area contributed by atoms with E-state index in [1.807, 2.05) is 49.0 Å². The molecule has 1 aliphatic rings. The van der Waals surface area contributed by atoms with E-state index in [1.54, 1.807) is 25.4 Å². The van der Waals surface area contributed by atoms with Gasteiger partial charge in [0.1, 0.15) is 11.6 Å². The van der Waals surface area contributed by atoms with Crippen LogP contribution in [-0.4, -0.2) is 55.1 Å². The Kier molecular flexibility index (Phi) is 6.58. The van der Waals surface area contributed by atoms with Crippen molar-refractivity contribution >= 4 is 11.9 Å². The third-order valence-corrected chi connectivity index (χ3v) is 6.10. The van der Waals surface area contributed by atoms with E-state index in [-0.39, 0.29) is 17.6 Å². The van der Waals surface area contributed by atoms with E-state index in [0.29, 0.717) is 25.5 Å². The molecule has 1 saturated heterocycles. The fraction of sp³-hybridized carbons (Fsp3) is 0.346. The van der Waals surface area contributed by atoms with Gasteiger partial charge in [-0.05, 0) is 48.2 Å². The number of amides is 1. The zero-order chi connectivity index (χ0) is 23.5. The van der Waals surface area contributed by atoms with Crippen LogP contribution in [0.5, 0.6) is 5.75 Å². The van der Waals surface area contributed by atoms with Gasteiger partial charge in [-0.2, -0.15) is 0 Å². The highest BCUT2D eigenvalue weighted by Gasteiger charge is 2.30. The molecule has 0 N–H and O–H groups in total. The maximum atomic E-state index is 13.5. The molecule has 0 aliphatic carbocycles. The second-order valence-corrected chi connectivity index (χ2v) is 8.68. The van der Waals surface area contributed by atoms with E-state index in [9.17, 15) is 9.18 Å². The van der Waals surface area contributed by atoms with Crippen molar-refractivity contribution in [3.05, 3.63) is 71.3 Å². The van der Waals surface area contributed by atoms with Crippen molar-refractivity contribution in [1.82, 2.24) is 14.9 Å². The lowest BCUT2D eigenvalue weighted by atomic mass is 9.96. The van der Waals surface area contributed by atoms with Gasteiger partial charge in [-0.1, -0.05) is 24.3 Å². The van der Waals surface area contributed by atoms with Gasteiger partial charge in [0, 0.05) is 44.9 Å². The van der Waals surface area contributed by atoms with Crippen LogP contribution < -0.4 is 9.64 Å². The first-order valence-corrected chi connectivity index (χ1v) is 11.1. The first kappa shape index (κ1) is 22.7. The van der Waals surface area contributed by atoms with Gasteiger partial charge < -0.3 is 14.5 Å². The maximum absolute atomic E-state index is 13.5. The molecule has 1 atom stereocenters. The number of hydrogen-bond acceptors (Lipinski definition) is 5. The van der Waals surface area contributed by atoms with Gasteiger partial charge in [0.2, 0.25) is 11.9 Å². The third kappa shape index (κ3) is 4.97. The van der Waals surface area contributed by atoms with E-state index in [0.717, 1.165) is 40.1 Å². The lowest BCUT2D eigenvalue weighted by molar-refractivity contribution is -0.129. The molecular weight excluding hydrogens is 419 g/mol. The highest BCUT2D eigenvalue weighted by molar-refractivity contribution is 5.79. The highest BCUT2D eigenvalue weighted by atomic mass is 19.1. The standard InChI is InChI=1S/C26H29FN4O2/c1-17-13-18(5-10-23(17)33-4)14-24(32)31-12-11-20(16-31)25-22(15-28-26(29-25)30(2)3)19-6-8-21(27)9-7-19/h5-10,13,15,20H,11-12,14,16H2,1-4H3/t20-/m0/s1. The summed E-state index contributed by atoms with van der Waals surface area (Å²) in [4.78, 5) is 26.1. The lowest BCUT2D eigenvalue weighted by Crippen LogP contribution is -2.30. The van der Waals surface area contributed by atoms with Crippen LogP contribution in [0.4, 0.5) is 10.3 Å². The molecule has 3 aromatic rings. The van der Waals surface area contributed by atoms with Crippen molar-refractivity contribution in [3.63, 3.8) is 0 Å². The van der Waals surface area contributed by atoms with Crippen molar-refractivity contribution in [2.24, 2.45) is 0 Å². The minimum Gasteiger partial charge on any atom is -0.496 e. The van der Waals surface area contributed by atoms with E-state index in [2.05, 4.69) is 4.98 Å². The quantitative estimate of drug-likeness (QED) is 0.565. The molecule has 33 heavy (non-hydrogen) atoms. The van der Waals surface area contributed by atoms with E-state index >= 15 is 0 Å². The summed E-state index contributed by atoms with van der Waals surface area (Å²) in [5, 5.41) is 0. The summed E-state index contributed by atoms with van der Waals surface area (Å²) in [6.45, 7) is 3.27. The Morgan fingerprint density at radius 1 is 1.21 bits per heavy atom. The number of benzene rings is 2. The zero-order valence-electron chi connectivity index (χ0n) is 19.5. The Morgan fingerprint density at radius 2 is 1.97 bits per heavy atom. The Hall–Kier alpha value is -3.48. The number of methoxy groups -OCH3 is 1. The number of carbonyl (C=O) groups excluding carboxylic acids is 1. The number of likely N-dealkylation sites (tertiary alicyclic amines) is 1. The molecule has 1 aromatic heterocycles. The van der Waals surface area contributed by atoms with Gasteiger partial charge >= 0.3 is 0 Å². The lowest BCUT2D eigenvalue weighted by Gasteiger charge is -2.20. The number of ether oxygens (including phenoxy) is 1. The SMILES string of the molecule is COc1ccc(CC(=O)N2CC[C@H](c3nc(N(C)C)ncc3-c3ccc(F)cc3)C2)cc1C. The molecule has 0 spiro atoms. The average molecular weight is 449 g/mol. The summed E-state index contributed by atoms with van der Waals surface area (Å²) in [7, 11) is 5.45. The Labute approximate surface area is 194 Å². The molecule has 0 bridgehead atoms. The number of hydrogen-bond donors (Lipinski definition) is 0. The van der Waals surface area contributed by atoms with Crippen molar-refractivity contribution < 1.29 is 13.9 Å². The average Bonchev–Trinajstić information content (AvgIpc) is 3.30. The van der Waals surface area contributed by atoms with Crippen molar-refractivity contribution in [3.8, 4) is 16.9 Å². The molecule has 2 heterocycles. The van der Waals surface area contributed by atoms with Crippen molar-refractivity contribution in [1.29, 1.82) is 0 Å². The molecule has 0 unspecified atom stereocenters. The van der Waals surface area contributed by atoms with Crippen LogP contribution in [0.25, 0.3) is 11.1 Å². The number of anilines is 1. The molecule has 0 radical (unpaired) electrons. The van der Waals surface area contributed by atoms with Crippen LogP contribution in [0.2, 0.25) is 0 Å². The number of aromatic nitrogens is 2. The Bertz CT molecular complexity index is 1150. The van der Waals surface area contributed by atoms with E-state index in [1.165, 1.54) is 12.1 Å². The summed E-state index contributed by atoms with van der Waals surface area (Å²) in [5.41, 5.74) is 4.64. The van der Waals surface area contributed by atoms with Crippen LogP contribution >= 0.6 is 0 Å². The number of rotatable bonds is 6. The molecule has 2 aromatic carbocycles. The first-order valence-electron chi connectivity index (χ1n) is 11.1. The smallest absolute Gasteiger partial charge is 0.227 e. The second-order valence-electron chi connectivity index (χ2n) is 8.68. The topological polar surface area (TPSA) is 58.6 Å². The van der Waals surface area contributed by atoms with Gasteiger partial charge in [0.05, 0.1) is 19.2 Å². The minimum atomic E-state index is -0.280. The normalized spacial score (nSPS) is 15.5. The molecule has 7 heteroatoms. The molecule has 0 saturated carbocycles. The third-order valence-electron chi connectivity index (χ3n) is 6.10. The Morgan fingerprint density at radius 3 is 2.64 bits per heavy atom. The predicted octanol–water partition coefficient (Wildman–Crippen LogP) is 4.22. The van der Waals surface area contributed by atoms with Crippen molar-refractivity contribution in [2.75, 3.05) is 39.2 Å². The van der Waals surface area contributed by atoms with Crippen LogP contribution in [0, 0.1) is 12.7 Å². The highest BCUT2D eigenvalue weighted by Crippen LogP contribution is 2.34. The van der Waals surface area contributed by atoms with Gasteiger partial charge in [-0.25, -0.2) is 14.4 Å². The fourth-order valence-electron chi connectivity index (χ4n) is 4.31. The molecule has 4 rings (SSSR count). The van der Waals surface area contributed by atoms with Crippen LogP contribution in [0.3, 0.4) is 0 Å². The molecule has 1 amide bonds. The molecule has 1 fully saturated rings. The van der Waals surface area contributed by atoms with Gasteiger partial charge in [0.25, 0.3) is 0 Å². The summed E-state index contributed by atoms with van der Waals surface area (Å²) < 4.78 is 18.8. The van der Waals surface area contributed by atoms with E-state index in [4.69, 9.17) is 9.72 Å². The van der Waals surface area contributed by atoms with Crippen LogP contribution in [-0.2, 0) is 11.2 Å². The summed E-state index contributed by atoms with van der Waals surface area (Å²) in [6, 6.07) is 12.2. The fourth-order valence-corrected chi connectivity index (χ4v) is 4.31. The second kappa shape index (κ2) is 9.57. The molecule has 6 nitrogen and oxygen atoms in total. The summed E-state index contributed by atoms with van der Waals surface area (Å²) in [5.74, 6) is 1.36. The van der Waals surface area contributed by atoms with Crippen LogP contribution in [0.1, 0.15) is 29.2 Å². The number of halogens is 1. The number of aryl methyl sites for hydroxylation is 1. The first-order chi connectivity index (χ1) is 15.9. The van der Waals surface area contributed by atoms with Crippen molar-refractivity contribution in [2.45, 2.75) is 25.7 Å². The predicted molar refractivity (Wildman–Crippen MR) is 127 cm³/mol. The van der Waals surface area contributed by atoms with Crippen LogP contribution in [0.15, 0.2) is 48.7 Å². The van der Waals surface area contributed by atoms with E-state index < -0.39 is 0 Å². The van der Waals surface area contributed by atoms with Gasteiger partial charge in [-0.3, -0.25) is 4.79 Å². The number of nitrogens with zero attached hydrogens (tertiary/aromatic N) is 4. The monoisotopic (exact) mass is 448 g/mol. The zero-order valence-corrected chi connectivity index (χ0v) is 19.5. The summed E-state index contributed by atoms with van der Waals surface area (Å²) >= 11 is 0.